The second-order valence-corrected chi connectivity index (χ2v) is 8.02. The van der Waals surface area contributed by atoms with Crippen LogP contribution in [0.15, 0.2) is 48.7 Å². The highest BCUT2D eigenvalue weighted by atomic mass is 16.5. The molecule has 4 rings (SSSR count). The van der Waals surface area contributed by atoms with E-state index in [1.807, 2.05) is 54.3 Å². The molecular weight excluding hydrogens is 364 g/mol. The topological polar surface area (TPSA) is 69.5 Å². The molecule has 2 fully saturated rings. The molecule has 2 saturated heterocycles. The third kappa shape index (κ3) is 3.96. The van der Waals surface area contributed by atoms with Crippen LogP contribution in [-0.4, -0.2) is 47.6 Å². The Hall–Kier alpha value is -2.91. The van der Waals surface area contributed by atoms with Gasteiger partial charge in [0.05, 0.1) is 17.7 Å². The predicted octanol–water partition coefficient (Wildman–Crippen LogP) is 3.16. The molecule has 2 bridgehead atoms. The Kier molecular flexibility index (Phi) is 5.50. The smallest absolute Gasteiger partial charge is 0.248 e. The summed E-state index contributed by atoms with van der Waals surface area (Å²) in [7, 11) is 0. The van der Waals surface area contributed by atoms with Crippen molar-refractivity contribution in [3.63, 3.8) is 0 Å². The Balaban J connectivity index is 1.39. The van der Waals surface area contributed by atoms with Crippen molar-refractivity contribution in [3.05, 3.63) is 59.8 Å². The van der Waals surface area contributed by atoms with Gasteiger partial charge < -0.3 is 14.5 Å². The van der Waals surface area contributed by atoms with E-state index in [-0.39, 0.29) is 30.7 Å². The third-order valence-corrected chi connectivity index (χ3v) is 6.11. The molecule has 1 aromatic heterocycles. The largest absolute Gasteiger partial charge is 0.364 e. The van der Waals surface area contributed by atoms with E-state index in [0.29, 0.717) is 24.6 Å². The lowest BCUT2D eigenvalue weighted by molar-refractivity contribution is -0.139. The van der Waals surface area contributed by atoms with Gasteiger partial charge >= 0.3 is 0 Å². The summed E-state index contributed by atoms with van der Waals surface area (Å²) in [6.07, 6.45) is 2.55. The number of carbonyl (C=O) groups is 1. The van der Waals surface area contributed by atoms with Gasteiger partial charge in [-0.1, -0.05) is 37.3 Å². The summed E-state index contributed by atoms with van der Waals surface area (Å²) in [5.74, 6) is 1.42. The zero-order valence-corrected chi connectivity index (χ0v) is 16.9. The molecule has 1 aromatic carbocycles. The third-order valence-electron chi connectivity index (χ3n) is 6.11. The molecule has 4 atom stereocenters. The van der Waals surface area contributed by atoms with Gasteiger partial charge in [-0.3, -0.25) is 4.79 Å². The molecular formula is C23H26N4O2. The van der Waals surface area contributed by atoms with Crippen LogP contribution in [0.2, 0.25) is 0 Å². The van der Waals surface area contributed by atoms with E-state index in [0.717, 1.165) is 17.8 Å². The summed E-state index contributed by atoms with van der Waals surface area (Å²) in [6, 6.07) is 16.3. The molecule has 1 amide bonds. The van der Waals surface area contributed by atoms with Crippen molar-refractivity contribution in [3.8, 4) is 6.07 Å². The zero-order chi connectivity index (χ0) is 20.4. The molecule has 2 aliphatic heterocycles. The van der Waals surface area contributed by atoms with Crippen LogP contribution in [-0.2, 0) is 9.53 Å². The molecule has 3 heterocycles. The SMILES string of the molecule is CC(OCC(=O)N1CC2C[C@@H](C)C(C1)N2c1ccc(C#N)cn1)c1ccccc1. The first kappa shape index (κ1) is 19.4. The van der Waals surface area contributed by atoms with Gasteiger partial charge in [-0.25, -0.2) is 4.98 Å². The molecule has 6 nitrogen and oxygen atoms in total. The van der Waals surface area contributed by atoms with Gasteiger partial charge in [0.25, 0.3) is 0 Å². The Bertz CT molecular complexity index is 893. The highest BCUT2D eigenvalue weighted by molar-refractivity contribution is 5.78. The monoisotopic (exact) mass is 390 g/mol. The number of nitrogens with zero attached hydrogens (tertiary/aromatic N) is 4. The average molecular weight is 390 g/mol. The number of fused-ring (bicyclic) bond motifs is 2. The highest BCUT2D eigenvalue weighted by Gasteiger charge is 2.45. The normalized spacial score (nSPS) is 24.2. The first-order valence-corrected chi connectivity index (χ1v) is 10.2. The number of likely N-dealkylation sites (tertiary alicyclic amines) is 1. The van der Waals surface area contributed by atoms with Crippen molar-refractivity contribution < 1.29 is 9.53 Å². The van der Waals surface area contributed by atoms with Gasteiger partial charge in [0.15, 0.2) is 0 Å². The van der Waals surface area contributed by atoms with Crippen LogP contribution in [0.4, 0.5) is 5.82 Å². The maximum atomic E-state index is 12.8. The number of hydrogen-bond acceptors (Lipinski definition) is 5. The van der Waals surface area contributed by atoms with Gasteiger partial charge in [-0.15, -0.1) is 0 Å². The molecule has 0 saturated carbocycles. The minimum absolute atomic E-state index is 0.0457. The summed E-state index contributed by atoms with van der Waals surface area (Å²) in [6.45, 7) is 5.68. The predicted molar refractivity (Wildman–Crippen MR) is 110 cm³/mol. The van der Waals surface area contributed by atoms with Crippen LogP contribution < -0.4 is 4.90 Å². The van der Waals surface area contributed by atoms with Crippen molar-refractivity contribution in [2.75, 3.05) is 24.6 Å². The highest BCUT2D eigenvalue weighted by Crippen LogP contribution is 2.37. The Labute approximate surface area is 171 Å². The second-order valence-electron chi connectivity index (χ2n) is 8.02. The summed E-state index contributed by atoms with van der Waals surface area (Å²) in [5.41, 5.74) is 1.64. The Morgan fingerprint density at radius 1 is 1.28 bits per heavy atom. The molecule has 150 valence electrons. The fourth-order valence-corrected chi connectivity index (χ4v) is 4.50. The maximum absolute atomic E-state index is 12.8. The van der Waals surface area contributed by atoms with Crippen molar-refractivity contribution >= 4 is 11.7 Å². The number of pyridine rings is 1. The lowest BCUT2D eigenvalue weighted by Crippen LogP contribution is -2.57. The number of carbonyl (C=O) groups excluding carboxylic acids is 1. The molecule has 2 aliphatic rings. The van der Waals surface area contributed by atoms with E-state index < -0.39 is 0 Å². The van der Waals surface area contributed by atoms with Gasteiger partial charge in [-0.05, 0) is 37.0 Å². The van der Waals surface area contributed by atoms with Gasteiger partial charge in [-0.2, -0.15) is 5.26 Å². The molecule has 29 heavy (non-hydrogen) atoms. The van der Waals surface area contributed by atoms with Crippen molar-refractivity contribution in [2.45, 2.75) is 38.5 Å². The molecule has 0 aliphatic carbocycles. The van der Waals surface area contributed by atoms with Crippen LogP contribution in [0.5, 0.6) is 0 Å². The van der Waals surface area contributed by atoms with Crippen molar-refractivity contribution in [2.24, 2.45) is 5.92 Å². The van der Waals surface area contributed by atoms with Crippen LogP contribution in [0.3, 0.4) is 0 Å². The molecule has 2 aromatic rings. The second kappa shape index (κ2) is 8.22. The van der Waals surface area contributed by atoms with E-state index in [4.69, 9.17) is 10.00 Å². The maximum Gasteiger partial charge on any atom is 0.248 e. The molecule has 6 heteroatoms. The number of benzene rings is 1. The summed E-state index contributed by atoms with van der Waals surface area (Å²) in [5, 5.41) is 9.00. The number of rotatable bonds is 5. The van der Waals surface area contributed by atoms with E-state index in [1.54, 1.807) is 6.20 Å². The number of piperazine rings is 1. The van der Waals surface area contributed by atoms with Crippen LogP contribution in [0.1, 0.15) is 37.5 Å². The number of anilines is 1. The van der Waals surface area contributed by atoms with Crippen molar-refractivity contribution in [1.29, 1.82) is 5.26 Å². The Morgan fingerprint density at radius 3 is 2.72 bits per heavy atom. The van der Waals surface area contributed by atoms with E-state index in [1.165, 1.54) is 0 Å². The van der Waals surface area contributed by atoms with Crippen LogP contribution in [0, 0.1) is 17.2 Å². The summed E-state index contributed by atoms with van der Waals surface area (Å²) < 4.78 is 5.85. The van der Waals surface area contributed by atoms with E-state index in [9.17, 15) is 4.79 Å². The minimum Gasteiger partial charge on any atom is -0.364 e. The fourth-order valence-electron chi connectivity index (χ4n) is 4.50. The lowest BCUT2D eigenvalue weighted by atomic mass is 10.0. The molecule has 0 N–H and O–H groups in total. The zero-order valence-electron chi connectivity index (χ0n) is 16.9. The van der Waals surface area contributed by atoms with Crippen molar-refractivity contribution in [1.82, 2.24) is 9.88 Å². The Morgan fingerprint density at radius 2 is 2.07 bits per heavy atom. The fraction of sp³-hybridized carbons (Fsp3) is 0.435. The summed E-state index contributed by atoms with van der Waals surface area (Å²) in [4.78, 5) is 21.6. The lowest BCUT2D eigenvalue weighted by Gasteiger charge is -2.42. The van der Waals surface area contributed by atoms with Crippen LogP contribution in [0.25, 0.3) is 0 Å². The number of hydrogen-bond donors (Lipinski definition) is 0. The first-order chi connectivity index (χ1) is 14.1. The number of nitriles is 1. The standard InChI is InChI=1S/C23H26N4O2/c1-16-10-20-13-26(23(28)15-29-17(2)19-6-4-3-5-7-19)14-21(16)27(20)22-9-8-18(11-24)12-25-22/h3-9,12,16-17,20-21H,10,13-15H2,1-2H3/t16-,17?,20?,21?/m1/s1. The molecule has 0 radical (unpaired) electrons. The van der Waals surface area contributed by atoms with Gasteiger partial charge in [0, 0.05) is 25.3 Å². The average Bonchev–Trinajstić information content (AvgIpc) is 2.96. The van der Waals surface area contributed by atoms with Gasteiger partial charge in [0.1, 0.15) is 18.5 Å². The number of ether oxygens (including phenoxy) is 1. The number of amides is 1. The van der Waals surface area contributed by atoms with E-state index >= 15 is 0 Å². The summed E-state index contributed by atoms with van der Waals surface area (Å²) >= 11 is 0. The molecule has 3 unspecified atom stereocenters. The van der Waals surface area contributed by atoms with Crippen LogP contribution >= 0.6 is 0 Å². The first-order valence-electron chi connectivity index (χ1n) is 10.2. The van der Waals surface area contributed by atoms with E-state index in [2.05, 4.69) is 22.9 Å². The van der Waals surface area contributed by atoms with Gasteiger partial charge in [0.2, 0.25) is 5.91 Å². The number of aromatic nitrogens is 1. The minimum atomic E-state index is -0.111. The molecule has 0 spiro atoms. The quantitative estimate of drug-likeness (QED) is 0.784.